The molecule has 0 bridgehead atoms. The number of benzene rings is 2. The average molecular weight is 428 g/mol. The second kappa shape index (κ2) is 8.25. The number of anilines is 2. The summed E-state index contributed by atoms with van der Waals surface area (Å²) in [6, 6.07) is 19.7. The number of hydrogen-bond acceptors (Lipinski definition) is 4. The van der Waals surface area contributed by atoms with Gasteiger partial charge in [0.25, 0.3) is 0 Å². The molecule has 4 nitrogen and oxygen atoms in total. The molecule has 2 aromatic carbocycles. The number of nitrogens with one attached hydrogen (secondary N) is 1. The lowest BCUT2D eigenvalue weighted by Gasteiger charge is -2.11. The molecule has 0 atom stereocenters. The number of aromatic nitrogens is 3. The van der Waals surface area contributed by atoms with Crippen LogP contribution in [0.1, 0.15) is 11.3 Å². The molecule has 2 heterocycles. The molecule has 26 heavy (non-hydrogen) atoms. The second-order valence-electron chi connectivity index (χ2n) is 5.71. The van der Waals surface area contributed by atoms with Gasteiger partial charge in [0.15, 0.2) is 5.82 Å². The molecule has 4 rings (SSSR count). The zero-order valence-electron chi connectivity index (χ0n) is 13.8. The summed E-state index contributed by atoms with van der Waals surface area (Å²) in [5.74, 6) is 0.733. The van der Waals surface area contributed by atoms with E-state index in [2.05, 4.69) is 32.6 Å². The summed E-state index contributed by atoms with van der Waals surface area (Å²) in [5, 5.41) is 15.0. The van der Waals surface area contributed by atoms with Crippen LogP contribution in [0.4, 0.5) is 11.5 Å². The van der Waals surface area contributed by atoms with Crippen molar-refractivity contribution < 1.29 is 0 Å². The highest BCUT2D eigenvalue weighted by Gasteiger charge is 2.10. The molecule has 6 heteroatoms. The molecule has 0 unspecified atom stereocenters. The summed E-state index contributed by atoms with van der Waals surface area (Å²) in [6.07, 6.45) is 4.31. The first-order chi connectivity index (χ1) is 12.3. The lowest BCUT2D eigenvalue weighted by molar-refractivity contribution is 0.960. The quantitative estimate of drug-likeness (QED) is 0.461. The molecular formula is C20H16BrClN4. The van der Waals surface area contributed by atoms with Crippen molar-refractivity contribution in [2.45, 2.75) is 6.42 Å². The number of fused-ring (bicyclic) bond motifs is 1. The van der Waals surface area contributed by atoms with Crippen molar-refractivity contribution in [3.05, 3.63) is 89.3 Å². The Kier molecular flexibility index (Phi) is 5.81. The Bertz CT molecular complexity index is 1010. The van der Waals surface area contributed by atoms with Crippen LogP contribution in [0, 0.1) is 0 Å². The van der Waals surface area contributed by atoms with E-state index in [0.29, 0.717) is 5.02 Å². The van der Waals surface area contributed by atoms with Crippen molar-refractivity contribution in [3.63, 3.8) is 0 Å². The van der Waals surface area contributed by atoms with Crippen LogP contribution < -0.4 is 5.32 Å². The van der Waals surface area contributed by atoms with E-state index in [1.54, 1.807) is 12.4 Å². The minimum atomic E-state index is 0. The van der Waals surface area contributed by atoms with Gasteiger partial charge in [-0.25, -0.2) is 0 Å². The third kappa shape index (κ3) is 4.00. The maximum Gasteiger partial charge on any atom is 0.160 e. The van der Waals surface area contributed by atoms with Gasteiger partial charge in [0, 0.05) is 40.3 Å². The molecule has 0 aliphatic rings. The summed E-state index contributed by atoms with van der Waals surface area (Å²) in [6.45, 7) is 0. The number of halogens is 2. The lowest BCUT2D eigenvalue weighted by Crippen LogP contribution is -2.02. The molecule has 2 aromatic heterocycles. The largest absolute Gasteiger partial charge is 0.338 e. The van der Waals surface area contributed by atoms with E-state index in [1.165, 1.54) is 0 Å². The van der Waals surface area contributed by atoms with Crippen molar-refractivity contribution in [1.82, 2.24) is 15.2 Å². The first-order valence-corrected chi connectivity index (χ1v) is 8.33. The van der Waals surface area contributed by atoms with Gasteiger partial charge < -0.3 is 5.32 Å². The minimum absolute atomic E-state index is 0. The maximum absolute atomic E-state index is 5.95. The normalized spacial score (nSPS) is 10.3. The van der Waals surface area contributed by atoms with Crippen molar-refractivity contribution in [2.24, 2.45) is 0 Å². The fourth-order valence-corrected chi connectivity index (χ4v) is 2.87. The Labute approximate surface area is 167 Å². The van der Waals surface area contributed by atoms with Gasteiger partial charge in [0.2, 0.25) is 0 Å². The molecule has 130 valence electrons. The second-order valence-corrected chi connectivity index (χ2v) is 6.14. The molecular weight excluding hydrogens is 412 g/mol. The van der Waals surface area contributed by atoms with E-state index in [-0.39, 0.29) is 17.0 Å². The van der Waals surface area contributed by atoms with Crippen molar-refractivity contribution in [3.8, 4) is 0 Å². The predicted octanol–water partition coefficient (Wildman–Crippen LogP) is 5.59. The predicted molar refractivity (Wildman–Crippen MR) is 112 cm³/mol. The Balaban J connectivity index is 0.00000196. The number of nitrogens with zero attached hydrogens (tertiary/aromatic N) is 3. The van der Waals surface area contributed by atoms with E-state index in [1.807, 2.05) is 48.5 Å². The smallest absolute Gasteiger partial charge is 0.160 e. The molecule has 0 spiro atoms. The van der Waals surface area contributed by atoms with Crippen LogP contribution in [-0.4, -0.2) is 15.2 Å². The SMILES string of the molecule is Br.Clc1ccc(Nc2nnc(Cc3ccncc3)c3ccccc23)cc1. The molecule has 1 N–H and O–H groups in total. The van der Waals surface area contributed by atoms with Gasteiger partial charge in [0.05, 0.1) is 5.69 Å². The third-order valence-electron chi connectivity index (χ3n) is 3.99. The van der Waals surface area contributed by atoms with E-state index in [9.17, 15) is 0 Å². The van der Waals surface area contributed by atoms with Gasteiger partial charge in [-0.05, 0) is 42.0 Å². The highest BCUT2D eigenvalue weighted by molar-refractivity contribution is 8.93. The maximum atomic E-state index is 5.95. The van der Waals surface area contributed by atoms with E-state index in [4.69, 9.17) is 11.6 Å². The van der Waals surface area contributed by atoms with Crippen LogP contribution in [0.15, 0.2) is 73.1 Å². The van der Waals surface area contributed by atoms with Crippen LogP contribution in [0.3, 0.4) is 0 Å². The Hall–Kier alpha value is -2.50. The molecule has 0 aliphatic carbocycles. The molecule has 0 saturated heterocycles. The standard InChI is InChI=1S/C20H15ClN4.BrH/c21-15-5-7-16(8-6-15)23-20-18-4-2-1-3-17(18)19(24-25-20)13-14-9-11-22-12-10-14;/h1-12H,13H2,(H,23,25);1H. The zero-order chi connectivity index (χ0) is 17.1. The molecule has 0 amide bonds. The van der Waals surface area contributed by atoms with Crippen molar-refractivity contribution in [1.29, 1.82) is 0 Å². The molecule has 0 saturated carbocycles. The fraction of sp³-hybridized carbons (Fsp3) is 0.0500. The summed E-state index contributed by atoms with van der Waals surface area (Å²) >= 11 is 5.95. The van der Waals surface area contributed by atoms with Crippen molar-refractivity contribution in [2.75, 3.05) is 5.32 Å². The average Bonchev–Trinajstić information content (AvgIpc) is 2.66. The summed E-state index contributed by atoms with van der Waals surface area (Å²) in [4.78, 5) is 4.06. The summed E-state index contributed by atoms with van der Waals surface area (Å²) in [5.41, 5.74) is 3.03. The van der Waals surface area contributed by atoms with Crippen LogP contribution >= 0.6 is 28.6 Å². The Morgan fingerprint density at radius 3 is 2.23 bits per heavy atom. The number of pyridine rings is 1. The van der Waals surface area contributed by atoms with Crippen molar-refractivity contribution >= 4 is 50.9 Å². The van der Waals surface area contributed by atoms with Gasteiger partial charge >= 0.3 is 0 Å². The van der Waals surface area contributed by atoms with Crippen LogP contribution in [0.25, 0.3) is 10.8 Å². The molecule has 4 aromatic rings. The van der Waals surface area contributed by atoms with Gasteiger partial charge in [-0.15, -0.1) is 22.1 Å². The van der Waals surface area contributed by atoms with Gasteiger partial charge in [-0.3, -0.25) is 4.98 Å². The topological polar surface area (TPSA) is 50.7 Å². The fourth-order valence-electron chi connectivity index (χ4n) is 2.75. The summed E-state index contributed by atoms with van der Waals surface area (Å²) < 4.78 is 0. The van der Waals surface area contributed by atoms with Crippen LogP contribution in [0.2, 0.25) is 5.02 Å². The highest BCUT2D eigenvalue weighted by atomic mass is 79.9. The Morgan fingerprint density at radius 2 is 1.50 bits per heavy atom. The lowest BCUT2D eigenvalue weighted by atomic mass is 10.0. The van der Waals surface area contributed by atoms with E-state index in [0.717, 1.165) is 40.0 Å². The van der Waals surface area contributed by atoms with Gasteiger partial charge in [-0.2, -0.15) is 5.10 Å². The summed E-state index contributed by atoms with van der Waals surface area (Å²) in [7, 11) is 0. The Morgan fingerprint density at radius 1 is 0.808 bits per heavy atom. The number of rotatable bonds is 4. The van der Waals surface area contributed by atoms with Crippen LogP contribution in [0.5, 0.6) is 0 Å². The zero-order valence-corrected chi connectivity index (χ0v) is 16.2. The number of hydrogen-bond donors (Lipinski definition) is 1. The minimum Gasteiger partial charge on any atom is -0.338 e. The van der Waals surface area contributed by atoms with E-state index < -0.39 is 0 Å². The molecule has 0 fully saturated rings. The van der Waals surface area contributed by atoms with Crippen LogP contribution in [-0.2, 0) is 6.42 Å². The van der Waals surface area contributed by atoms with Gasteiger partial charge in [0.1, 0.15) is 0 Å². The van der Waals surface area contributed by atoms with E-state index >= 15 is 0 Å². The molecule has 0 aliphatic heterocycles. The first kappa shape index (κ1) is 18.3. The first-order valence-electron chi connectivity index (χ1n) is 7.95. The molecule has 0 radical (unpaired) electrons. The third-order valence-corrected chi connectivity index (χ3v) is 4.24. The highest BCUT2D eigenvalue weighted by Crippen LogP contribution is 2.27. The van der Waals surface area contributed by atoms with Gasteiger partial charge in [-0.1, -0.05) is 35.9 Å². The monoisotopic (exact) mass is 426 g/mol.